The zero-order chi connectivity index (χ0) is 9.02. The molecule has 13 heavy (non-hydrogen) atoms. The fourth-order valence-electron chi connectivity index (χ4n) is 1.13. The summed E-state index contributed by atoms with van der Waals surface area (Å²) in [6, 6.07) is 2.24. The Hall–Kier alpha value is 0.683. The van der Waals surface area contributed by atoms with Gasteiger partial charge in [-0.3, -0.25) is 0 Å². The van der Waals surface area contributed by atoms with Crippen LogP contribution in [0.15, 0.2) is 6.07 Å². The van der Waals surface area contributed by atoms with Gasteiger partial charge in [0.15, 0.2) is 0 Å². The minimum Gasteiger partial charge on any atom is -1.00 e. The van der Waals surface area contributed by atoms with Crippen molar-refractivity contribution in [1.82, 2.24) is 0 Å². The fraction of sp³-hybridized carbons (Fsp3) is 0.400. The average molecular weight is 297 g/mol. The van der Waals surface area contributed by atoms with E-state index in [0.29, 0.717) is 0 Å². The Morgan fingerprint density at radius 3 is 1.62 bits per heavy atom. The molecule has 3 heteroatoms. The summed E-state index contributed by atoms with van der Waals surface area (Å²) in [5, 5.41) is 0. The molecule has 0 aliphatic rings. The number of aryl methyl sites for hydroxylation is 2. The molecule has 0 radical (unpaired) electrons. The third-order valence-corrected chi connectivity index (χ3v) is 2.18. The van der Waals surface area contributed by atoms with Gasteiger partial charge in [-0.25, -0.2) is 0 Å². The molecule has 0 heterocycles. The Bertz CT molecular complexity index is 219. The van der Waals surface area contributed by atoms with E-state index in [2.05, 4.69) is 38.0 Å². The third kappa shape index (κ3) is 5.20. The molecule has 0 amide bonds. The number of rotatable bonds is 0. The fourth-order valence-corrected chi connectivity index (χ4v) is 1.13. The van der Waals surface area contributed by atoms with Crippen molar-refractivity contribution in [1.29, 1.82) is 0 Å². The molecule has 74 valence electrons. The van der Waals surface area contributed by atoms with Crippen LogP contribution in [-0.2, 0) is 24.2 Å². The van der Waals surface area contributed by atoms with Crippen molar-refractivity contribution in [3.05, 3.63) is 28.3 Å². The van der Waals surface area contributed by atoms with Gasteiger partial charge in [-0.2, -0.15) is 28.3 Å². The first-order valence-electron chi connectivity index (χ1n) is 3.68. The SMILES string of the molecule is Cc1c[c-](C)c(C)c1C.[CH2]=[Zr+2].[Cl-].[Cl-]. The summed E-state index contributed by atoms with van der Waals surface area (Å²) in [5.41, 5.74) is 5.75. The van der Waals surface area contributed by atoms with Crippen LogP contribution in [0.4, 0.5) is 0 Å². The van der Waals surface area contributed by atoms with E-state index in [1.165, 1.54) is 46.5 Å². The van der Waals surface area contributed by atoms with Crippen molar-refractivity contribution in [2.75, 3.05) is 0 Å². The molecule has 0 aliphatic carbocycles. The second kappa shape index (κ2) is 9.25. The standard InChI is InChI=1S/C9H13.CH2.2ClH.Zr/c1-6-5-7(2)9(4)8(6)3;;;;/h5H,1-4H3;1H2;2*1H;/q-1;;;;+2/p-2. The topological polar surface area (TPSA) is 0 Å². The van der Waals surface area contributed by atoms with Crippen LogP contribution in [0.1, 0.15) is 22.3 Å². The van der Waals surface area contributed by atoms with Gasteiger partial charge in [0.25, 0.3) is 0 Å². The molecule has 0 saturated heterocycles. The van der Waals surface area contributed by atoms with Crippen molar-refractivity contribution >= 4 is 4.21 Å². The van der Waals surface area contributed by atoms with Crippen LogP contribution in [-0.4, -0.2) is 4.21 Å². The van der Waals surface area contributed by atoms with E-state index in [1.54, 1.807) is 0 Å². The molecule has 0 nitrogen and oxygen atoms in total. The summed E-state index contributed by atoms with van der Waals surface area (Å²) in [4.78, 5) is 0. The molecular weight excluding hydrogens is 282 g/mol. The minimum absolute atomic E-state index is 0. The van der Waals surface area contributed by atoms with Gasteiger partial charge in [0.05, 0.1) is 0 Å². The van der Waals surface area contributed by atoms with E-state index in [4.69, 9.17) is 0 Å². The van der Waals surface area contributed by atoms with Crippen LogP contribution in [0.3, 0.4) is 0 Å². The van der Waals surface area contributed by atoms with Crippen LogP contribution in [0.5, 0.6) is 0 Å². The molecular formula is C10H15Cl2Zr-. The molecule has 0 fully saturated rings. The van der Waals surface area contributed by atoms with Gasteiger partial charge in [0.1, 0.15) is 0 Å². The van der Waals surface area contributed by atoms with Crippen LogP contribution in [0.2, 0.25) is 0 Å². The summed E-state index contributed by atoms with van der Waals surface area (Å²) in [6.07, 6.45) is 0. The minimum atomic E-state index is 0. The van der Waals surface area contributed by atoms with E-state index in [-0.39, 0.29) is 24.8 Å². The van der Waals surface area contributed by atoms with Gasteiger partial charge in [0, 0.05) is 0 Å². The van der Waals surface area contributed by atoms with Gasteiger partial charge in [-0.1, -0.05) is 27.7 Å². The van der Waals surface area contributed by atoms with Gasteiger partial charge in [-0.05, 0) is 0 Å². The second-order valence-corrected chi connectivity index (χ2v) is 2.76. The second-order valence-electron chi connectivity index (χ2n) is 2.76. The van der Waals surface area contributed by atoms with Crippen molar-refractivity contribution < 1.29 is 49.0 Å². The zero-order valence-electron chi connectivity index (χ0n) is 8.54. The molecule has 0 bridgehead atoms. The molecule has 0 N–H and O–H groups in total. The largest absolute Gasteiger partial charge is 1.00 e. The third-order valence-electron chi connectivity index (χ3n) is 2.18. The predicted molar refractivity (Wildman–Crippen MR) is 48.1 cm³/mol. The smallest absolute Gasteiger partial charge is 1.00 e. The van der Waals surface area contributed by atoms with Gasteiger partial charge < -0.3 is 24.8 Å². The van der Waals surface area contributed by atoms with Crippen molar-refractivity contribution in [2.24, 2.45) is 0 Å². The average Bonchev–Trinajstić information content (AvgIpc) is 2.22. The molecule has 0 aromatic heterocycles. The number of hydrogen-bond acceptors (Lipinski definition) is 0. The summed E-state index contributed by atoms with van der Waals surface area (Å²) in [5.74, 6) is 0. The van der Waals surface area contributed by atoms with E-state index in [1.807, 2.05) is 0 Å². The van der Waals surface area contributed by atoms with E-state index >= 15 is 0 Å². The first-order valence-corrected chi connectivity index (χ1v) is 5.42. The normalized spacial score (nSPS) is 7.54. The number of hydrogen-bond donors (Lipinski definition) is 0. The van der Waals surface area contributed by atoms with E-state index in [9.17, 15) is 0 Å². The maximum Gasteiger partial charge on any atom is -1.00 e. The maximum atomic E-state index is 3.34. The first-order chi connectivity index (χ1) is 5.13. The maximum absolute atomic E-state index is 3.34. The summed E-state index contributed by atoms with van der Waals surface area (Å²) < 4.78 is 3.34. The Morgan fingerprint density at radius 1 is 1.15 bits per heavy atom. The van der Waals surface area contributed by atoms with Crippen molar-refractivity contribution in [3.63, 3.8) is 0 Å². The molecule has 0 aliphatic heterocycles. The Kier molecular flexibility index (Phi) is 13.7. The molecule has 0 spiro atoms. The first kappa shape index (κ1) is 19.3. The van der Waals surface area contributed by atoms with Crippen molar-refractivity contribution in [3.8, 4) is 0 Å². The van der Waals surface area contributed by atoms with Crippen LogP contribution < -0.4 is 24.8 Å². The number of halogens is 2. The van der Waals surface area contributed by atoms with Gasteiger partial charge >= 0.3 is 28.4 Å². The monoisotopic (exact) mass is 295 g/mol. The van der Waals surface area contributed by atoms with Crippen LogP contribution in [0.25, 0.3) is 0 Å². The Morgan fingerprint density at radius 2 is 1.54 bits per heavy atom. The molecule has 1 rings (SSSR count). The zero-order valence-corrected chi connectivity index (χ0v) is 12.5. The summed E-state index contributed by atoms with van der Waals surface area (Å²) in [6.45, 7) is 8.68. The Labute approximate surface area is 109 Å². The van der Waals surface area contributed by atoms with Crippen LogP contribution in [0, 0.1) is 27.7 Å². The summed E-state index contributed by atoms with van der Waals surface area (Å²) >= 11 is 1.30. The molecule has 0 atom stereocenters. The molecule has 1 aromatic carbocycles. The quantitative estimate of drug-likeness (QED) is 0.438. The predicted octanol–water partition coefficient (Wildman–Crippen LogP) is -3.39. The molecule has 0 unspecified atom stereocenters. The van der Waals surface area contributed by atoms with Crippen molar-refractivity contribution in [2.45, 2.75) is 27.7 Å². The van der Waals surface area contributed by atoms with Gasteiger partial charge in [0.2, 0.25) is 0 Å². The molecule has 1 aromatic rings. The van der Waals surface area contributed by atoms with E-state index < -0.39 is 0 Å². The summed E-state index contributed by atoms with van der Waals surface area (Å²) in [7, 11) is 0. The molecule has 0 saturated carbocycles. The van der Waals surface area contributed by atoms with Crippen LogP contribution >= 0.6 is 0 Å². The Balaban J connectivity index is -0.000000234. The van der Waals surface area contributed by atoms with Gasteiger partial charge in [-0.15, -0.1) is 0 Å². The van der Waals surface area contributed by atoms with E-state index in [0.717, 1.165) is 0 Å².